The minimum atomic E-state index is -1.08. The molecule has 0 heterocycles. The number of rotatable bonds is 7. The van der Waals surface area contributed by atoms with Gasteiger partial charge in [-0.25, -0.2) is 4.79 Å². The Labute approximate surface area is 135 Å². The van der Waals surface area contributed by atoms with Gasteiger partial charge in [0.05, 0.1) is 14.2 Å². The Morgan fingerprint density at radius 2 is 1.86 bits per heavy atom. The van der Waals surface area contributed by atoms with Crippen molar-refractivity contribution in [2.45, 2.75) is 37.6 Å². The van der Waals surface area contributed by atoms with Crippen LogP contribution in [0.1, 0.15) is 37.6 Å². The average molecular weight is 328 g/mol. The van der Waals surface area contributed by atoms with E-state index in [1.807, 2.05) is 6.92 Å². The molecule has 122 valence electrons. The van der Waals surface area contributed by atoms with Crippen molar-refractivity contribution in [3.63, 3.8) is 0 Å². The fourth-order valence-corrected chi connectivity index (χ4v) is 2.40. The van der Waals surface area contributed by atoms with Crippen molar-refractivity contribution < 1.29 is 19.1 Å². The molecule has 22 heavy (non-hydrogen) atoms. The summed E-state index contributed by atoms with van der Waals surface area (Å²) in [5, 5.41) is 1.80. The Morgan fingerprint density at radius 3 is 2.32 bits per heavy atom. The quantitative estimate of drug-likeness (QED) is 0.618. The van der Waals surface area contributed by atoms with E-state index in [1.165, 1.54) is 7.11 Å². The van der Waals surface area contributed by atoms with Gasteiger partial charge in [-0.05, 0) is 31.0 Å². The molecular formula is C16H22ClNO4. The molecule has 6 heteroatoms. The third kappa shape index (κ3) is 4.37. The Hall–Kier alpha value is -1.75. The van der Waals surface area contributed by atoms with Gasteiger partial charge in [0.1, 0.15) is 16.7 Å². The lowest BCUT2D eigenvalue weighted by atomic mass is 9.95. The summed E-state index contributed by atoms with van der Waals surface area (Å²) in [4.78, 5) is 24.2. The summed E-state index contributed by atoms with van der Waals surface area (Å²) in [5.74, 6) is -0.243. The first kappa shape index (κ1) is 18.3. The predicted octanol–water partition coefficient (Wildman–Crippen LogP) is 2.82. The zero-order chi connectivity index (χ0) is 16.8. The minimum Gasteiger partial charge on any atom is -0.497 e. The van der Waals surface area contributed by atoms with Crippen LogP contribution in [0.15, 0.2) is 24.3 Å². The maximum atomic E-state index is 12.3. The number of esters is 1. The highest BCUT2D eigenvalue weighted by Crippen LogP contribution is 2.25. The number of nitrogens with one attached hydrogen (secondary N) is 1. The lowest BCUT2D eigenvalue weighted by Crippen LogP contribution is -2.53. The first-order chi connectivity index (χ1) is 10.4. The molecule has 2 atom stereocenters. The molecule has 0 aliphatic carbocycles. The van der Waals surface area contributed by atoms with Gasteiger partial charge in [0, 0.05) is 0 Å². The zero-order valence-electron chi connectivity index (χ0n) is 13.3. The molecule has 1 aromatic rings. The molecule has 0 saturated carbocycles. The van der Waals surface area contributed by atoms with Crippen LogP contribution in [-0.4, -0.2) is 31.6 Å². The van der Waals surface area contributed by atoms with E-state index in [0.717, 1.165) is 6.42 Å². The molecule has 0 spiro atoms. The molecule has 2 unspecified atom stereocenters. The van der Waals surface area contributed by atoms with Crippen LogP contribution in [0.25, 0.3) is 0 Å². The smallest absolute Gasteiger partial charge is 0.331 e. The number of carbonyl (C=O) groups is 2. The van der Waals surface area contributed by atoms with Gasteiger partial charge in [0.2, 0.25) is 5.91 Å². The number of benzene rings is 1. The highest BCUT2D eigenvalue weighted by Gasteiger charge is 2.36. The van der Waals surface area contributed by atoms with Crippen LogP contribution in [0.3, 0.4) is 0 Å². The molecular weight excluding hydrogens is 306 g/mol. The van der Waals surface area contributed by atoms with Crippen molar-refractivity contribution in [3.05, 3.63) is 29.8 Å². The maximum absolute atomic E-state index is 12.3. The molecule has 5 nitrogen and oxygen atoms in total. The lowest BCUT2D eigenvalue weighted by molar-refractivity contribution is -0.150. The molecule has 1 rings (SSSR count). The van der Waals surface area contributed by atoms with Crippen molar-refractivity contribution >= 4 is 23.5 Å². The van der Waals surface area contributed by atoms with Crippen LogP contribution >= 0.6 is 11.6 Å². The highest BCUT2D eigenvalue weighted by molar-refractivity contribution is 6.31. The molecule has 1 N–H and O–H groups in total. The first-order valence-electron chi connectivity index (χ1n) is 7.06. The number of hydrogen-bond donors (Lipinski definition) is 1. The second kappa shape index (κ2) is 8.03. The molecule has 0 bridgehead atoms. The van der Waals surface area contributed by atoms with E-state index >= 15 is 0 Å². The van der Waals surface area contributed by atoms with E-state index in [1.54, 1.807) is 38.3 Å². The Kier molecular flexibility index (Phi) is 6.68. The van der Waals surface area contributed by atoms with Crippen molar-refractivity contribution in [1.82, 2.24) is 5.32 Å². The van der Waals surface area contributed by atoms with Crippen molar-refractivity contribution in [1.29, 1.82) is 0 Å². The fraction of sp³-hybridized carbons (Fsp3) is 0.500. The highest BCUT2D eigenvalue weighted by atomic mass is 35.5. The number of alkyl halides is 1. The molecule has 1 amide bonds. The largest absolute Gasteiger partial charge is 0.497 e. The summed E-state index contributed by atoms with van der Waals surface area (Å²) in [6.07, 6.45) is 1.19. The zero-order valence-corrected chi connectivity index (χ0v) is 14.1. The molecule has 0 aliphatic rings. The Balaban J connectivity index is 2.86. The summed E-state index contributed by atoms with van der Waals surface area (Å²) < 4.78 is 9.83. The van der Waals surface area contributed by atoms with Crippen LogP contribution in [-0.2, 0) is 14.3 Å². The van der Waals surface area contributed by atoms with E-state index in [4.69, 9.17) is 21.1 Å². The summed E-state index contributed by atoms with van der Waals surface area (Å²) >= 11 is 6.20. The van der Waals surface area contributed by atoms with E-state index in [9.17, 15) is 9.59 Å². The summed E-state index contributed by atoms with van der Waals surface area (Å²) in [7, 11) is 2.86. The van der Waals surface area contributed by atoms with E-state index in [0.29, 0.717) is 17.7 Å². The van der Waals surface area contributed by atoms with Gasteiger partial charge in [0.25, 0.3) is 0 Å². The maximum Gasteiger partial charge on any atom is 0.331 e. The van der Waals surface area contributed by atoms with E-state index in [2.05, 4.69) is 5.32 Å². The molecule has 0 radical (unpaired) electrons. The van der Waals surface area contributed by atoms with Gasteiger partial charge < -0.3 is 14.8 Å². The topological polar surface area (TPSA) is 64.6 Å². The Bertz CT molecular complexity index is 517. The second-order valence-corrected chi connectivity index (χ2v) is 5.64. The van der Waals surface area contributed by atoms with Gasteiger partial charge in [-0.15, -0.1) is 11.6 Å². The Morgan fingerprint density at radius 1 is 1.27 bits per heavy atom. The summed E-state index contributed by atoms with van der Waals surface area (Å²) in [5.41, 5.74) is -0.455. The molecule has 0 fully saturated rings. The molecule has 0 aliphatic heterocycles. The van der Waals surface area contributed by atoms with Crippen LogP contribution < -0.4 is 10.1 Å². The summed E-state index contributed by atoms with van der Waals surface area (Å²) in [6, 6.07) is 6.88. The van der Waals surface area contributed by atoms with Crippen LogP contribution in [0.2, 0.25) is 0 Å². The van der Waals surface area contributed by atoms with E-state index < -0.39 is 22.8 Å². The summed E-state index contributed by atoms with van der Waals surface area (Å²) in [6.45, 7) is 3.56. The van der Waals surface area contributed by atoms with Crippen molar-refractivity contribution in [3.8, 4) is 5.75 Å². The van der Waals surface area contributed by atoms with Crippen LogP contribution in [0.5, 0.6) is 5.75 Å². The van der Waals surface area contributed by atoms with Gasteiger partial charge in [0.15, 0.2) is 0 Å². The average Bonchev–Trinajstić information content (AvgIpc) is 2.53. The SMILES string of the molecule is CCCC(C)(NC(=O)C(Cl)c1ccc(OC)cc1)C(=O)OC. The van der Waals surface area contributed by atoms with Crippen LogP contribution in [0.4, 0.5) is 0 Å². The number of ether oxygens (including phenoxy) is 2. The van der Waals surface area contributed by atoms with Gasteiger partial charge in [-0.1, -0.05) is 25.5 Å². The van der Waals surface area contributed by atoms with Crippen molar-refractivity contribution in [2.75, 3.05) is 14.2 Å². The molecule has 0 saturated heterocycles. The minimum absolute atomic E-state index is 0.437. The van der Waals surface area contributed by atoms with E-state index in [-0.39, 0.29) is 0 Å². The third-order valence-corrected chi connectivity index (χ3v) is 3.87. The number of hydrogen-bond acceptors (Lipinski definition) is 4. The number of amides is 1. The van der Waals surface area contributed by atoms with Crippen LogP contribution in [0, 0.1) is 0 Å². The number of carbonyl (C=O) groups excluding carboxylic acids is 2. The lowest BCUT2D eigenvalue weighted by Gasteiger charge is -2.28. The third-order valence-electron chi connectivity index (χ3n) is 3.42. The predicted molar refractivity (Wildman–Crippen MR) is 85.1 cm³/mol. The number of halogens is 1. The normalized spacial score (nSPS) is 14.6. The van der Waals surface area contributed by atoms with Gasteiger partial charge >= 0.3 is 5.97 Å². The van der Waals surface area contributed by atoms with Crippen molar-refractivity contribution in [2.24, 2.45) is 0 Å². The molecule has 1 aromatic carbocycles. The van der Waals surface area contributed by atoms with Gasteiger partial charge in [-0.2, -0.15) is 0 Å². The first-order valence-corrected chi connectivity index (χ1v) is 7.50. The fourth-order valence-electron chi connectivity index (χ4n) is 2.20. The standard InChI is InChI=1S/C16H22ClNO4/c1-5-10-16(2,15(20)22-4)18-14(19)13(17)11-6-8-12(21-3)9-7-11/h6-9,13H,5,10H2,1-4H3,(H,18,19). The monoisotopic (exact) mass is 327 g/mol. The molecule has 0 aromatic heterocycles. The second-order valence-electron chi connectivity index (χ2n) is 5.20. The number of methoxy groups -OCH3 is 2. The van der Waals surface area contributed by atoms with Gasteiger partial charge in [-0.3, -0.25) is 4.79 Å².